The monoisotopic (exact) mass is 478 g/mol. The average Bonchev–Trinajstić information content (AvgIpc) is 3.07. The molecule has 2 rings (SSSR count). The molecule has 1 aromatic carbocycles. The van der Waals surface area contributed by atoms with Crippen molar-refractivity contribution in [1.82, 2.24) is 15.5 Å². The van der Waals surface area contributed by atoms with Crippen LogP contribution in [-0.4, -0.2) is 49.7 Å². The molecule has 5 nitrogen and oxygen atoms in total. The third kappa shape index (κ3) is 6.90. The molecule has 1 unspecified atom stereocenters. The van der Waals surface area contributed by atoms with E-state index in [0.29, 0.717) is 24.9 Å². The van der Waals surface area contributed by atoms with E-state index in [9.17, 15) is 4.39 Å². The number of nitrogens with one attached hydrogen (secondary N) is 2. The Morgan fingerprint density at radius 2 is 2.12 bits per heavy atom. The lowest BCUT2D eigenvalue weighted by molar-refractivity contribution is 0.267. The fourth-order valence-electron chi connectivity index (χ4n) is 3.18. The van der Waals surface area contributed by atoms with Crippen LogP contribution in [0.2, 0.25) is 0 Å². The predicted molar refractivity (Wildman–Crippen MR) is 116 cm³/mol. The van der Waals surface area contributed by atoms with E-state index in [4.69, 9.17) is 4.74 Å². The summed E-state index contributed by atoms with van der Waals surface area (Å²) in [6, 6.07) is 5.59. The molecule has 1 aromatic rings. The first-order chi connectivity index (χ1) is 12.2. The molecule has 0 spiro atoms. The van der Waals surface area contributed by atoms with Gasteiger partial charge in [0.2, 0.25) is 0 Å². The van der Waals surface area contributed by atoms with Crippen molar-refractivity contribution >= 4 is 29.9 Å². The first-order valence-corrected chi connectivity index (χ1v) is 9.35. The smallest absolute Gasteiger partial charge is 0.191 e. The van der Waals surface area contributed by atoms with Gasteiger partial charge in [0.1, 0.15) is 0 Å². The molecule has 2 N–H and O–H groups in total. The van der Waals surface area contributed by atoms with E-state index in [-0.39, 0.29) is 29.8 Å². The minimum absolute atomic E-state index is 0. The van der Waals surface area contributed by atoms with Gasteiger partial charge in [-0.1, -0.05) is 13.0 Å². The SMILES string of the molecule is CCNC(=NCc1ccc(OCC)c(F)c1)NCC1CCCN1CC.I. The van der Waals surface area contributed by atoms with Crippen molar-refractivity contribution in [3.05, 3.63) is 29.6 Å². The van der Waals surface area contributed by atoms with E-state index >= 15 is 0 Å². The molecule has 7 heteroatoms. The summed E-state index contributed by atoms with van der Waals surface area (Å²) >= 11 is 0. The lowest BCUT2D eigenvalue weighted by Gasteiger charge is -2.24. The highest BCUT2D eigenvalue weighted by molar-refractivity contribution is 14.0. The van der Waals surface area contributed by atoms with E-state index < -0.39 is 0 Å². The van der Waals surface area contributed by atoms with Crippen LogP contribution in [0.1, 0.15) is 39.2 Å². The number of benzene rings is 1. The predicted octanol–water partition coefficient (Wildman–Crippen LogP) is 3.38. The maximum absolute atomic E-state index is 13.9. The molecule has 0 aliphatic carbocycles. The van der Waals surface area contributed by atoms with E-state index in [1.54, 1.807) is 6.07 Å². The van der Waals surface area contributed by atoms with Crippen LogP contribution in [-0.2, 0) is 6.54 Å². The van der Waals surface area contributed by atoms with Crippen molar-refractivity contribution in [3.63, 3.8) is 0 Å². The number of rotatable bonds is 8. The highest BCUT2D eigenvalue weighted by atomic mass is 127. The Balaban J connectivity index is 0.00000338. The molecule has 0 aromatic heterocycles. The molecule has 26 heavy (non-hydrogen) atoms. The zero-order valence-corrected chi connectivity index (χ0v) is 18.4. The summed E-state index contributed by atoms with van der Waals surface area (Å²) in [4.78, 5) is 7.08. The molecular formula is C19H32FIN4O. The highest BCUT2D eigenvalue weighted by Gasteiger charge is 2.22. The maximum atomic E-state index is 13.9. The van der Waals surface area contributed by atoms with Crippen LogP contribution in [0.4, 0.5) is 4.39 Å². The summed E-state index contributed by atoms with van der Waals surface area (Å²) in [5.74, 6) is 0.734. The zero-order valence-electron chi connectivity index (χ0n) is 16.1. The van der Waals surface area contributed by atoms with Gasteiger partial charge in [-0.3, -0.25) is 4.90 Å². The van der Waals surface area contributed by atoms with Gasteiger partial charge >= 0.3 is 0 Å². The third-order valence-corrected chi connectivity index (χ3v) is 4.47. The number of hydrogen-bond acceptors (Lipinski definition) is 3. The normalized spacial score (nSPS) is 17.7. The van der Waals surface area contributed by atoms with Crippen LogP contribution in [0.3, 0.4) is 0 Å². The molecule has 1 aliphatic heterocycles. The number of guanidine groups is 1. The van der Waals surface area contributed by atoms with Crippen molar-refractivity contribution < 1.29 is 9.13 Å². The number of hydrogen-bond donors (Lipinski definition) is 2. The Hall–Kier alpha value is -1.09. The van der Waals surface area contributed by atoms with E-state index in [1.807, 2.05) is 19.9 Å². The van der Waals surface area contributed by atoms with Gasteiger partial charge in [0.05, 0.1) is 13.2 Å². The maximum Gasteiger partial charge on any atom is 0.191 e. The Bertz CT molecular complexity index is 570. The number of aliphatic imine (C=N–C) groups is 1. The third-order valence-electron chi connectivity index (χ3n) is 4.47. The quantitative estimate of drug-likeness (QED) is 0.342. The number of likely N-dealkylation sites (N-methyl/N-ethyl adjacent to an activating group) is 1. The van der Waals surface area contributed by atoms with Gasteiger partial charge in [-0.05, 0) is 57.5 Å². The largest absolute Gasteiger partial charge is 0.491 e. The van der Waals surface area contributed by atoms with Crippen molar-refractivity contribution in [1.29, 1.82) is 0 Å². The molecule has 1 fully saturated rings. The van der Waals surface area contributed by atoms with Crippen LogP contribution in [0.5, 0.6) is 5.75 Å². The van der Waals surface area contributed by atoms with Crippen molar-refractivity contribution in [2.45, 2.75) is 46.2 Å². The van der Waals surface area contributed by atoms with Gasteiger partial charge in [-0.25, -0.2) is 9.38 Å². The second-order valence-electron chi connectivity index (χ2n) is 6.20. The lowest BCUT2D eigenvalue weighted by Crippen LogP contribution is -2.44. The van der Waals surface area contributed by atoms with Gasteiger partial charge < -0.3 is 15.4 Å². The van der Waals surface area contributed by atoms with E-state index in [1.165, 1.54) is 25.5 Å². The fraction of sp³-hybridized carbons (Fsp3) is 0.632. The van der Waals surface area contributed by atoms with Gasteiger partial charge in [0, 0.05) is 19.1 Å². The topological polar surface area (TPSA) is 48.9 Å². The number of halogens is 2. The van der Waals surface area contributed by atoms with E-state index in [0.717, 1.165) is 31.2 Å². The molecule has 0 amide bonds. The van der Waals surface area contributed by atoms with E-state index in [2.05, 4.69) is 27.4 Å². The summed E-state index contributed by atoms with van der Waals surface area (Å²) < 4.78 is 19.2. The molecule has 0 radical (unpaired) electrons. The summed E-state index contributed by atoms with van der Waals surface area (Å²) in [5, 5.41) is 6.68. The molecule has 1 saturated heterocycles. The highest BCUT2D eigenvalue weighted by Crippen LogP contribution is 2.19. The molecule has 0 bridgehead atoms. The van der Waals surface area contributed by atoms with Gasteiger partial charge in [-0.2, -0.15) is 0 Å². The molecule has 1 aliphatic rings. The zero-order chi connectivity index (χ0) is 18.1. The second-order valence-corrected chi connectivity index (χ2v) is 6.20. The lowest BCUT2D eigenvalue weighted by atomic mass is 10.2. The van der Waals surface area contributed by atoms with Crippen LogP contribution in [0.25, 0.3) is 0 Å². The summed E-state index contributed by atoms with van der Waals surface area (Å²) in [6.07, 6.45) is 2.49. The molecule has 148 valence electrons. The van der Waals surface area contributed by atoms with Crippen molar-refractivity contribution in [2.75, 3.05) is 32.8 Å². The Kier molecular flexibility index (Phi) is 10.9. The van der Waals surface area contributed by atoms with Gasteiger partial charge in [0.25, 0.3) is 0 Å². The minimum Gasteiger partial charge on any atom is -0.491 e. The van der Waals surface area contributed by atoms with Crippen LogP contribution < -0.4 is 15.4 Å². The standard InChI is InChI=1S/C19H31FN4O.HI/c1-4-21-19(23-14-16-8-7-11-24(16)5-2)22-13-15-9-10-18(25-6-3)17(20)12-15;/h9-10,12,16H,4-8,11,13-14H2,1-3H3,(H2,21,22,23);1H. The number of nitrogens with zero attached hydrogens (tertiary/aromatic N) is 2. The summed E-state index contributed by atoms with van der Waals surface area (Å²) in [5.41, 5.74) is 0.828. The first kappa shape index (κ1) is 23.0. The summed E-state index contributed by atoms with van der Waals surface area (Å²) in [6.45, 7) is 10.9. The second kappa shape index (κ2) is 12.3. The van der Waals surface area contributed by atoms with Crippen LogP contribution in [0, 0.1) is 5.82 Å². The Morgan fingerprint density at radius 1 is 1.31 bits per heavy atom. The van der Waals surface area contributed by atoms with Crippen molar-refractivity contribution in [3.8, 4) is 5.75 Å². The molecule has 0 saturated carbocycles. The Morgan fingerprint density at radius 3 is 2.77 bits per heavy atom. The van der Waals surface area contributed by atoms with Gasteiger partial charge in [0.15, 0.2) is 17.5 Å². The fourth-order valence-corrected chi connectivity index (χ4v) is 3.18. The first-order valence-electron chi connectivity index (χ1n) is 9.35. The number of ether oxygens (including phenoxy) is 1. The van der Waals surface area contributed by atoms with Crippen molar-refractivity contribution in [2.24, 2.45) is 4.99 Å². The Labute approximate surface area is 173 Å². The van der Waals surface area contributed by atoms with Crippen LogP contribution >= 0.6 is 24.0 Å². The minimum atomic E-state index is -0.336. The van der Waals surface area contributed by atoms with Gasteiger partial charge in [-0.15, -0.1) is 24.0 Å². The molecule has 1 heterocycles. The average molecular weight is 478 g/mol. The van der Waals surface area contributed by atoms with Crippen LogP contribution in [0.15, 0.2) is 23.2 Å². The molecule has 1 atom stereocenters. The summed E-state index contributed by atoms with van der Waals surface area (Å²) in [7, 11) is 0. The molecular weight excluding hydrogens is 446 g/mol. The number of likely N-dealkylation sites (tertiary alicyclic amines) is 1.